The van der Waals surface area contributed by atoms with Gasteiger partial charge in [-0.2, -0.15) is 0 Å². The minimum absolute atomic E-state index is 0.130. The molecule has 31 heavy (non-hydrogen) atoms. The van der Waals surface area contributed by atoms with Gasteiger partial charge in [-0.05, 0) is 75.6 Å². The summed E-state index contributed by atoms with van der Waals surface area (Å²) in [6.07, 6.45) is 6.00. The third kappa shape index (κ3) is 7.08. The van der Waals surface area contributed by atoms with Crippen molar-refractivity contribution < 1.29 is 13.2 Å². The maximum absolute atomic E-state index is 12.4. The first-order chi connectivity index (χ1) is 14.8. The van der Waals surface area contributed by atoms with Gasteiger partial charge in [-0.25, -0.2) is 8.42 Å². The van der Waals surface area contributed by atoms with E-state index in [1.54, 1.807) is 24.3 Å². The van der Waals surface area contributed by atoms with Crippen molar-refractivity contribution in [1.82, 2.24) is 10.2 Å². The fraction of sp³-hybridized carbons (Fsp3) is 0.458. The van der Waals surface area contributed by atoms with E-state index in [0.717, 1.165) is 37.2 Å². The Balaban J connectivity index is 1.57. The van der Waals surface area contributed by atoms with Crippen LogP contribution in [0.4, 0.5) is 5.69 Å². The number of anilines is 1. The fourth-order valence-corrected chi connectivity index (χ4v) is 4.72. The average Bonchev–Trinajstić information content (AvgIpc) is 2.76. The van der Waals surface area contributed by atoms with Crippen LogP contribution in [0.1, 0.15) is 47.2 Å². The van der Waals surface area contributed by atoms with Crippen LogP contribution in [0.25, 0.3) is 0 Å². The molecule has 0 aliphatic carbocycles. The highest BCUT2D eigenvalue weighted by atomic mass is 32.2. The first-order valence-electron chi connectivity index (χ1n) is 11.0. The molecule has 168 valence electrons. The van der Waals surface area contributed by atoms with E-state index in [1.807, 2.05) is 31.2 Å². The number of benzene rings is 2. The van der Waals surface area contributed by atoms with Gasteiger partial charge >= 0.3 is 0 Å². The quantitative estimate of drug-likeness (QED) is 0.602. The van der Waals surface area contributed by atoms with Crippen molar-refractivity contribution in [3.8, 4) is 0 Å². The summed E-state index contributed by atoms with van der Waals surface area (Å²) in [5.41, 5.74) is 3.11. The summed E-state index contributed by atoms with van der Waals surface area (Å²) in [5.74, 6) is -0.130. The van der Waals surface area contributed by atoms with E-state index in [4.69, 9.17) is 0 Å². The number of hydrogen-bond acceptors (Lipinski definition) is 4. The van der Waals surface area contributed by atoms with E-state index in [9.17, 15) is 13.2 Å². The second kappa shape index (κ2) is 10.8. The zero-order valence-electron chi connectivity index (χ0n) is 18.5. The van der Waals surface area contributed by atoms with E-state index < -0.39 is 10.0 Å². The first-order valence-corrected chi connectivity index (χ1v) is 12.8. The Morgan fingerprint density at radius 1 is 1.00 bits per heavy atom. The molecular formula is C24H33N3O3S. The van der Waals surface area contributed by atoms with Gasteiger partial charge in [-0.3, -0.25) is 9.10 Å². The Bertz CT molecular complexity index is 951. The number of sulfonamides is 1. The lowest BCUT2D eigenvalue weighted by Gasteiger charge is -2.26. The second-order valence-corrected chi connectivity index (χ2v) is 10.2. The zero-order chi connectivity index (χ0) is 22.3. The summed E-state index contributed by atoms with van der Waals surface area (Å²) in [5, 5.41) is 2.97. The van der Waals surface area contributed by atoms with Gasteiger partial charge in [0.25, 0.3) is 5.91 Å². The van der Waals surface area contributed by atoms with Gasteiger partial charge < -0.3 is 10.2 Å². The molecule has 1 heterocycles. The molecule has 0 bridgehead atoms. The lowest BCUT2D eigenvalue weighted by atomic mass is 10.1. The highest BCUT2D eigenvalue weighted by molar-refractivity contribution is 7.92. The normalized spacial score (nSPS) is 14.9. The Morgan fingerprint density at radius 2 is 1.65 bits per heavy atom. The molecule has 1 saturated heterocycles. The molecule has 0 atom stereocenters. The van der Waals surface area contributed by atoms with Crippen molar-refractivity contribution in [1.29, 1.82) is 0 Å². The Labute approximate surface area is 186 Å². The molecule has 7 heteroatoms. The molecule has 2 aromatic rings. The number of carbonyl (C=O) groups excluding carboxylic acids is 1. The number of carbonyl (C=O) groups is 1. The molecule has 1 aliphatic rings. The first kappa shape index (κ1) is 23.3. The molecule has 0 unspecified atom stereocenters. The SMILES string of the molecule is Cc1ccc(CN(c2ccc(C(=O)NCCCN3CCCCC3)cc2)S(C)(=O)=O)cc1. The Hall–Kier alpha value is -2.38. The second-order valence-electron chi connectivity index (χ2n) is 8.31. The lowest BCUT2D eigenvalue weighted by molar-refractivity contribution is 0.0951. The van der Waals surface area contributed by atoms with Crippen LogP contribution in [-0.2, 0) is 16.6 Å². The molecule has 3 rings (SSSR count). The van der Waals surface area contributed by atoms with Crippen LogP contribution in [0.3, 0.4) is 0 Å². The lowest BCUT2D eigenvalue weighted by Crippen LogP contribution is -2.33. The van der Waals surface area contributed by atoms with Crippen molar-refractivity contribution in [3.63, 3.8) is 0 Å². The van der Waals surface area contributed by atoms with Crippen LogP contribution in [0.5, 0.6) is 0 Å². The van der Waals surface area contributed by atoms with Gasteiger partial charge in [0.1, 0.15) is 0 Å². The number of aryl methyl sites for hydroxylation is 1. The van der Waals surface area contributed by atoms with Crippen molar-refractivity contribution in [2.45, 2.75) is 39.2 Å². The molecule has 0 radical (unpaired) electrons. The number of hydrogen-bond donors (Lipinski definition) is 1. The maximum atomic E-state index is 12.4. The fourth-order valence-electron chi connectivity index (χ4n) is 3.83. The topological polar surface area (TPSA) is 69.7 Å². The van der Waals surface area contributed by atoms with Crippen LogP contribution in [-0.4, -0.2) is 51.7 Å². The van der Waals surface area contributed by atoms with E-state index >= 15 is 0 Å². The molecule has 1 fully saturated rings. The minimum Gasteiger partial charge on any atom is -0.352 e. The van der Waals surface area contributed by atoms with Crippen LogP contribution >= 0.6 is 0 Å². The van der Waals surface area contributed by atoms with Crippen LogP contribution in [0, 0.1) is 6.92 Å². The standard InChI is InChI=1S/C24H33N3O3S/c1-20-7-9-21(10-8-20)19-27(31(2,29)30)23-13-11-22(12-14-23)24(28)25-15-6-18-26-16-4-3-5-17-26/h7-14H,3-6,15-19H2,1-2H3,(H,25,28). The molecular weight excluding hydrogens is 410 g/mol. The number of rotatable bonds is 9. The predicted octanol–water partition coefficient (Wildman–Crippen LogP) is 3.57. The number of nitrogens with one attached hydrogen (secondary N) is 1. The minimum atomic E-state index is -3.46. The summed E-state index contributed by atoms with van der Waals surface area (Å²) >= 11 is 0. The number of amides is 1. The van der Waals surface area contributed by atoms with Crippen LogP contribution < -0.4 is 9.62 Å². The van der Waals surface area contributed by atoms with Crippen molar-refractivity contribution in [2.75, 3.05) is 36.7 Å². The van der Waals surface area contributed by atoms with E-state index in [-0.39, 0.29) is 12.5 Å². The maximum Gasteiger partial charge on any atom is 0.251 e. The molecule has 0 saturated carbocycles. The summed E-state index contributed by atoms with van der Waals surface area (Å²) in [4.78, 5) is 14.9. The monoisotopic (exact) mass is 443 g/mol. The van der Waals surface area contributed by atoms with Gasteiger partial charge in [0, 0.05) is 12.1 Å². The van der Waals surface area contributed by atoms with Crippen molar-refractivity contribution in [2.24, 2.45) is 0 Å². The molecule has 0 spiro atoms. The average molecular weight is 444 g/mol. The number of piperidine rings is 1. The summed E-state index contributed by atoms with van der Waals surface area (Å²) in [6.45, 7) is 6.22. The third-order valence-electron chi connectivity index (χ3n) is 5.65. The molecule has 1 N–H and O–H groups in total. The molecule has 0 aromatic heterocycles. The van der Waals surface area contributed by atoms with Crippen LogP contribution in [0.2, 0.25) is 0 Å². The zero-order valence-corrected chi connectivity index (χ0v) is 19.3. The number of likely N-dealkylation sites (tertiary alicyclic amines) is 1. The third-order valence-corrected chi connectivity index (χ3v) is 6.79. The smallest absolute Gasteiger partial charge is 0.251 e. The number of nitrogens with zero attached hydrogens (tertiary/aromatic N) is 2. The molecule has 6 nitrogen and oxygen atoms in total. The van der Waals surface area contributed by atoms with Gasteiger partial charge in [-0.1, -0.05) is 36.2 Å². The van der Waals surface area contributed by atoms with E-state index in [0.29, 0.717) is 17.8 Å². The highest BCUT2D eigenvalue weighted by Gasteiger charge is 2.18. The summed E-state index contributed by atoms with van der Waals surface area (Å²) in [7, 11) is -3.46. The molecule has 2 aromatic carbocycles. The van der Waals surface area contributed by atoms with Gasteiger partial charge in [0.05, 0.1) is 18.5 Å². The van der Waals surface area contributed by atoms with Gasteiger partial charge in [0.15, 0.2) is 0 Å². The molecule has 1 aliphatic heterocycles. The molecule has 1 amide bonds. The Kier molecular flexibility index (Phi) is 8.09. The Morgan fingerprint density at radius 3 is 2.26 bits per heavy atom. The van der Waals surface area contributed by atoms with Crippen molar-refractivity contribution >= 4 is 21.6 Å². The highest BCUT2D eigenvalue weighted by Crippen LogP contribution is 2.21. The van der Waals surface area contributed by atoms with E-state index in [2.05, 4.69) is 10.2 Å². The summed E-state index contributed by atoms with van der Waals surface area (Å²) < 4.78 is 26.1. The van der Waals surface area contributed by atoms with Gasteiger partial charge in [0.2, 0.25) is 10.0 Å². The summed E-state index contributed by atoms with van der Waals surface area (Å²) in [6, 6.07) is 14.5. The largest absolute Gasteiger partial charge is 0.352 e. The van der Waals surface area contributed by atoms with Gasteiger partial charge in [-0.15, -0.1) is 0 Å². The predicted molar refractivity (Wildman–Crippen MR) is 126 cm³/mol. The van der Waals surface area contributed by atoms with Crippen molar-refractivity contribution in [3.05, 3.63) is 65.2 Å². The van der Waals surface area contributed by atoms with E-state index in [1.165, 1.54) is 29.8 Å². The van der Waals surface area contributed by atoms with Crippen LogP contribution in [0.15, 0.2) is 48.5 Å².